The zero-order valence-corrected chi connectivity index (χ0v) is 9.44. The summed E-state index contributed by atoms with van der Waals surface area (Å²) in [5, 5.41) is 9.18. The summed E-state index contributed by atoms with van der Waals surface area (Å²) in [6, 6.07) is 1.44. The molecule has 2 N–H and O–H groups in total. The van der Waals surface area contributed by atoms with Crippen molar-refractivity contribution in [1.29, 1.82) is 0 Å². The van der Waals surface area contributed by atoms with Gasteiger partial charge in [0.2, 0.25) is 0 Å². The number of nitrogens with two attached hydrogens (primary N) is 1. The maximum absolute atomic E-state index is 11.2. The second-order valence-electron chi connectivity index (χ2n) is 4.34. The lowest BCUT2D eigenvalue weighted by molar-refractivity contribution is 0.177. The number of hydrogen-bond acceptors (Lipinski definition) is 3. The fourth-order valence-corrected chi connectivity index (χ4v) is 2.83. The fourth-order valence-electron chi connectivity index (χ4n) is 2.16. The number of nitrogens with zero attached hydrogens (tertiary/aromatic N) is 2. The minimum atomic E-state index is -3.63. The Bertz CT molecular complexity index is 446. The molecule has 1 aliphatic carbocycles. The molecule has 0 bridgehead atoms. The topological polar surface area (TPSA) is 78.0 Å². The van der Waals surface area contributed by atoms with Crippen LogP contribution in [-0.4, -0.2) is 18.2 Å². The standard InChI is InChI=1S/C9H15N3O2S/c1-7-4-8(5-7)6-12-9(2-3-11-12)15(10,13)14/h2-3,7-8H,4-6H2,1H3,(H2,10,13,14). The van der Waals surface area contributed by atoms with Gasteiger partial charge in [0.25, 0.3) is 10.0 Å². The molecule has 0 spiro atoms. The van der Waals surface area contributed by atoms with Crippen LogP contribution < -0.4 is 5.14 Å². The zero-order valence-electron chi connectivity index (χ0n) is 8.63. The Kier molecular flexibility index (Phi) is 2.56. The Morgan fingerprint density at radius 1 is 1.60 bits per heavy atom. The molecule has 0 radical (unpaired) electrons. The summed E-state index contributed by atoms with van der Waals surface area (Å²) in [5.74, 6) is 1.30. The molecular formula is C9H15N3O2S. The van der Waals surface area contributed by atoms with E-state index in [4.69, 9.17) is 5.14 Å². The number of hydrogen-bond donors (Lipinski definition) is 1. The van der Waals surface area contributed by atoms with Gasteiger partial charge < -0.3 is 0 Å². The summed E-state index contributed by atoms with van der Waals surface area (Å²) in [4.78, 5) is 0. The predicted molar refractivity (Wildman–Crippen MR) is 55.5 cm³/mol. The quantitative estimate of drug-likeness (QED) is 0.823. The van der Waals surface area contributed by atoms with Gasteiger partial charge in [-0.1, -0.05) is 6.92 Å². The highest BCUT2D eigenvalue weighted by Crippen LogP contribution is 2.34. The molecule has 0 aliphatic heterocycles. The molecule has 0 amide bonds. The van der Waals surface area contributed by atoms with E-state index in [1.54, 1.807) is 0 Å². The van der Waals surface area contributed by atoms with E-state index in [1.807, 2.05) is 0 Å². The minimum Gasteiger partial charge on any atom is -0.253 e. The van der Waals surface area contributed by atoms with Crippen molar-refractivity contribution in [3.05, 3.63) is 12.3 Å². The van der Waals surface area contributed by atoms with Crippen LogP contribution in [0.4, 0.5) is 0 Å². The van der Waals surface area contributed by atoms with Crippen LogP contribution in [0.15, 0.2) is 17.3 Å². The van der Waals surface area contributed by atoms with E-state index in [2.05, 4.69) is 12.0 Å². The summed E-state index contributed by atoms with van der Waals surface area (Å²) in [7, 11) is -3.63. The van der Waals surface area contributed by atoms with Crippen LogP contribution in [-0.2, 0) is 16.6 Å². The van der Waals surface area contributed by atoms with Gasteiger partial charge in [-0.3, -0.25) is 4.68 Å². The lowest BCUT2D eigenvalue weighted by Crippen LogP contribution is -2.28. The van der Waals surface area contributed by atoms with Crippen molar-refractivity contribution >= 4 is 10.0 Å². The Balaban J connectivity index is 2.12. The van der Waals surface area contributed by atoms with E-state index in [1.165, 1.54) is 16.9 Å². The summed E-state index contributed by atoms with van der Waals surface area (Å²) in [6.07, 6.45) is 3.76. The molecule has 2 rings (SSSR count). The zero-order chi connectivity index (χ0) is 11.1. The van der Waals surface area contributed by atoms with E-state index < -0.39 is 10.0 Å². The van der Waals surface area contributed by atoms with E-state index in [9.17, 15) is 8.42 Å². The molecule has 1 aromatic heterocycles. The first kappa shape index (κ1) is 10.6. The third kappa shape index (κ3) is 2.21. The molecule has 1 aromatic rings. The van der Waals surface area contributed by atoms with Crippen molar-refractivity contribution < 1.29 is 8.42 Å². The summed E-state index contributed by atoms with van der Waals surface area (Å²) in [6.45, 7) is 2.85. The van der Waals surface area contributed by atoms with Crippen LogP contribution in [0.2, 0.25) is 0 Å². The molecule has 1 aliphatic rings. The third-order valence-electron chi connectivity index (χ3n) is 2.87. The molecule has 5 nitrogen and oxygen atoms in total. The van der Waals surface area contributed by atoms with Gasteiger partial charge in [0.05, 0.1) is 6.20 Å². The highest BCUT2D eigenvalue weighted by Gasteiger charge is 2.27. The fraction of sp³-hybridized carbons (Fsp3) is 0.667. The summed E-state index contributed by atoms with van der Waals surface area (Å²) < 4.78 is 23.9. The average Bonchev–Trinajstić information content (AvgIpc) is 2.48. The van der Waals surface area contributed by atoms with Crippen LogP contribution >= 0.6 is 0 Å². The molecule has 6 heteroatoms. The van der Waals surface area contributed by atoms with E-state index in [-0.39, 0.29) is 5.03 Å². The highest BCUT2D eigenvalue weighted by molar-refractivity contribution is 7.89. The normalized spacial score (nSPS) is 26.3. The number of primary sulfonamides is 1. The van der Waals surface area contributed by atoms with Gasteiger partial charge in [-0.25, -0.2) is 13.6 Å². The van der Waals surface area contributed by atoms with Crippen LogP contribution in [0, 0.1) is 11.8 Å². The van der Waals surface area contributed by atoms with Gasteiger partial charge in [-0.15, -0.1) is 0 Å². The Labute approximate surface area is 89.3 Å². The second kappa shape index (κ2) is 3.61. The average molecular weight is 229 g/mol. The van der Waals surface area contributed by atoms with E-state index in [0.717, 1.165) is 18.8 Å². The number of sulfonamides is 1. The van der Waals surface area contributed by atoms with E-state index >= 15 is 0 Å². The minimum absolute atomic E-state index is 0.113. The van der Waals surface area contributed by atoms with Crippen molar-refractivity contribution in [2.24, 2.45) is 17.0 Å². The molecule has 0 saturated heterocycles. The molecule has 15 heavy (non-hydrogen) atoms. The smallest absolute Gasteiger partial charge is 0.253 e. The molecule has 1 fully saturated rings. The van der Waals surface area contributed by atoms with Crippen molar-refractivity contribution in [2.75, 3.05) is 0 Å². The molecule has 0 aromatic carbocycles. The van der Waals surface area contributed by atoms with Crippen molar-refractivity contribution in [3.8, 4) is 0 Å². The van der Waals surface area contributed by atoms with Gasteiger partial charge in [0.15, 0.2) is 5.03 Å². The van der Waals surface area contributed by atoms with Crippen molar-refractivity contribution in [1.82, 2.24) is 9.78 Å². The predicted octanol–water partition coefficient (Wildman–Crippen LogP) is 0.577. The van der Waals surface area contributed by atoms with Gasteiger partial charge in [-0.05, 0) is 30.7 Å². The molecule has 0 unspecified atom stereocenters. The van der Waals surface area contributed by atoms with Gasteiger partial charge in [0.1, 0.15) is 0 Å². The first-order valence-corrected chi connectivity index (χ1v) is 6.56. The Hall–Kier alpha value is -0.880. The maximum Gasteiger partial charge on any atom is 0.255 e. The molecule has 1 saturated carbocycles. The van der Waals surface area contributed by atoms with Crippen LogP contribution in [0.25, 0.3) is 0 Å². The maximum atomic E-state index is 11.2. The van der Waals surface area contributed by atoms with E-state index in [0.29, 0.717) is 12.5 Å². The molecular weight excluding hydrogens is 214 g/mol. The second-order valence-corrected chi connectivity index (χ2v) is 5.85. The largest absolute Gasteiger partial charge is 0.255 e. The van der Waals surface area contributed by atoms with Crippen LogP contribution in [0.5, 0.6) is 0 Å². The lowest BCUT2D eigenvalue weighted by Gasteiger charge is -2.32. The van der Waals surface area contributed by atoms with Crippen LogP contribution in [0.3, 0.4) is 0 Å². The lowest BCUT2D eigenvalue weighted by atomic mass is 9.76. The van der Waals surface area contributed by atoms with Crippen molar-refractivity contribution in [3.63, 3.8) is 0 Å². The summed E-state index contributed by atoms with van der Waals surface area (Å²) in [5.41, 5.74) is 0. The third-order valence-corrected chi connectivity index (χ3v) is 3.80. The highest BCUT2D eigenvalue weighted by atomic mass is 32.2. The van der Waals surface area contributed by atoms with Gasteiger partial charge in [-0.2, -0.15) is 5.10 Å². The van der Waals surface area contributed by atoms with Crippen LogP contribution in [0.1, 0.15) is 19.8 Å². The first-order valence-electron chi connectivity index (χ1n) is 5.01. The first-order chi connectivity index (χ1) is 6.97. The van der Waals surface area contributed by atoms with Gasteiger partial charge >= 0.3 is 0 Å². The summed E-state index contributed by atoms with van der Waals surface area (Å²) >= 11 is 0. The molecule has 0 atom stereocenters. The number of aromatic nitrogens is 2. The molecule has 84 valence electrons. The number of rotatable bonds is 3. The van der Waals surface area contributed by atoms with Gasteiger partial charge in [0, 0.05) is 6.54 Å². The SMILES string of the molecule is CC1CC(Cn2nccc2S(N)(=O)=O)C1. The Morgan fingerprint density at radius 3 is 2.80 bits per heavy atom. The van der Waals surface area contributed by atoms with Crippen molar-refractivity contribution in [2.45, 2.75) is 31.3 Å². The Morgan fingerprint density at radius 2 is 2.27 bits per heavy atom. The monoisotopic (exact) mass is 229 g/mol. The molecule has 1 heterocycles.